The van der Waals surface area contributed by atoms with Gasteiger partial charge in [0.1, 0.15) is 5.70 Å². The first-order chi connectivity index (χ1) is 15.3. The molecule has 0 unspecified atom stereocenters. The fraction of sp³-hybridized carbons (Fsp3) is 0.360. The van der Waals surface area contributed by atoms with Crippen LogP contribution in [0.4, 0.5) is 5.69 Å². The van der Waals surface area contributed by atoms with E-state index < -0.39 is 0 Å². The summed E-state index contributed by atoms with van der Waals surface area (Å²) < 4.78 is 10.5. The van der Waals surface area contributed by atoms with E-state index in [1.807, 2.05) is 43.9 Å². The molecule has 0 radical (unpaired) electrons. The van der Waals surface area contributed by atoms with E-state index in [0.29, 0.717) is 48.3 Å². The Labute approximate surface area is 194 Å². The Morgan fingerprint density at radius 2 is 1.53 bits per heavy atom. The molecule has 0 aliphatic carbocycles. The van der Waals surface area contributed by atoms with Crippen molar-refractivity contribution in [2.75, 3.05) is 45.4 Å². The topological polar surface area (TPSA) is 59.1 Å². The highest BCUT2D eigenvalue weighted by Gasteiger charge is 2.43. The molecule has 6 nitrogen and oxygen atoms in total. The maximum atomic E-state index is 13.8. The number of carbonyl (C=O) groups excluding carboxylic acids is 2. The van der Waals surface area contributed by atoms with Gasteiger partial charge in [-0.1, -0.05) is 41.4 Å². The Bertz CT molecular complexity index is 1060. The first kappa shape index (κ1) is 24.0. The van der Waals surface area contributed by atoms with Gasteiger partial charge >= 0.3 is 0 Å². The maximum absolute atomic E-state index is 13.8. The highest BCUT2D eigenvalue weighted by atomic mass is 35.5. The summed E-state index contributed by atoms with van der Waals surface area (Å²) in [5, 5.41) is 0.461. The molecule has 1 aliphatic rings. The van der Waals surface area contributed by atoms with Crippen molar-refractivity contribution in [3.05, 3.63) is 69.4 Å². The third kappa shape index (κ3) is 4.72. The van der Waals surface area contributed by atoms with Crippen molar-refractivity contribution < 1.29 is 19.1 Å². The molecule has 0 aromatic heterocycles. The number of halogens is 1. The lowest BCUT2D eigenvalue weighted by molar-refractivity contribution is -0.120. The van der Waals surface area contributed by atoms with Gasteiger partial charge in [0.15, 0.2) is 0 Å². The third-order valence-corrected chi connectivity index (χ3v) is 5.80. The molecule has 0 saturated carbocycles. The van der Waals surface area contributed by atoms with Crippen molar-refractivity contribution in [3.63, 3.8) is 0 Å². The molecule has 1 aliphatic heterocycles. The third-order valence-electron chi connectivity index (χ3n) is 5.57. The van der Waals surface area contributed by atoms with Crippen LogP contribution in [-0.2, 0) is 19.1 Å². The molecule has 3 rings (SSSR count). The summed E-state index contributed by atoms with van der Waals surface area (Å²) in [4.78, 5) is 30.7. The van der Waals surface area contributed by atoms with Crippen LogP contribution in [0.5, 0.6) is 0 Å². The summed E-state index contributed by atoms with van der Waals surface area (Å²) in [7, 11) is 3.22. The van der Waals surface area contributed by atoms with Crippen LogP contribution in [-0.4, -0.2) is 57.2 Å². The van der Waals surface area contributed by atoms with Crippen LogP contribution in [0.2, 0.25) is 5.02 Å². The Balaban J connectivity index is 2.21. The molecule has 2 aromatic carbocycles. The summed E-state index contributed by atoms with van der Waals surface area (Å²) in [6.07, 6.45) is 0. The predicted octanol–water partition coefficient (Wildman–Crippen LogP) is 4.14. The number of nitrogens with zero attached hydrogens (tertiary/aromatic N) is 2. The van der Waals surface area contributed by atoms with Gasteiger partial charge in [0.25, 0.3) is 11.8 Å². The molecule has 0 spiro atoms. The van der Waals surface area contributed by atoms with Gasteiger partial charge in [-0.25, -0.2) is 4.90 Å². The number of amides is 2. The van der Waals surface area contributed by atoms with Gasteiger partial charge in [0.2, 0.25) is 0 Å². The molecule has 1 heterocycles. The average Bonchev–Trinajstić information content (AvgIpc) is 3.00. The van der Waals surface area contributed by atoms with Gasteiger partial charge in [-0.3, -0.25) is 9.59 Å². The number of hydrogen-bond donors (Lipinski definition) is 0. The van der Waals surface area contributed by atoms with Crippen LogP contribution in [0.3, 0.4) is 0 Å². The van der Waals surface area contributed by atoms with Gasteiger partial charge in [0, 0.05) is 32.3 Å². The molecule has 170 valence electrons. The van der Waals surface area contributed by atoms with Crippen molar-refractivity contribution in [1.29, 1.82) is 0 Å². The van der Waals surface area contributed by atoms with Crippen molar-refractivity contribution in [1.82, 2.24) is 4.90 Å². The number of carbonyl (C=O) groups is 2. The summed E-state index contributed by atoms with van der Waals surface area (Å²) >= 11 is 6.22. The number of aryl methyl sites for hydroxylation is 3. The molecule has 2 aromatic rings. The number of anilines is 1. The standard InChI is InChI=1S/C25H29ClN2O4/c1-16-6-9-20(18(3)14-16)22-23(27(10-12-31-4)11-13-32-5)25(30)28(24(22)29)21-15-19(26)8-7-17(21)2/h6-9,14-15H,10-13H2,1-5H3. The van der Waals surface area contributed by atoms with Crippen molar-refractivity contribution >= 4 is 34.7 Å². The molecular weight excluding hydrogens is 428 g/mol. The Hall–Kier alpha value is -2.67. The lowest BCUT2D eigenvalue weighted by Gasteiger charge is -2.26. The molecule has 2 amide bonds. The monoisotopic (exact) mass is 456 g/mol. The Morgan fingerprint density at radius 3 is 2.12 bits per heavy atom. The van der Waals surface area contributed by atoms with E-state index in [1.165, 1.54) is 4.90 Å². The number of rotatable bonds is 9. The van der Waals surface area contributed by atoms with Crippen molar-refractivity contribution in [3.8, 4) is 0 Å². The molecule has 7 heteroatoms. The zero-order valence-electron chi connectivity index (χ0n) is 19.2. The molecule has 0 fully saturated rings. The minimum absolute atomic E-state index is 0.357. The molecule has 32 heavy (non-hydrogen) atoms. The smallest absolute Gasteiger partial charge is 0.282 e. The summed E-state index contributed by atoms with van der Waals surface area (Å²) in [5.74, 6) is -0.732. The van der Waals surface area contributed by atoms with Gasteiger partial charge in [-0.2, -0.15) is 0 Å². The number of ether oxygens (including phenoxy) is 2. The number of hydrogen-bond acceptors (Lipinski definition) is 5. The second kappa shape index (κ2) is 10.3. The van der Waals surface area contributed by atoms with E-state index in [4.69, 9.17) is 21.1 Å². The van der Waals surface area contributed by atoms with Crippen LogP contribution in [0.1, 0.15) is 22.3 Å². The first-order valence-corrected chi connectivity index (χ1v) is 10.9. The van der Waals surface area contributed by atoms with Gasteiger partial charge in [-0.05, 0) is 49.6 Å². The minimum atomic E-state index is -0.373. The fourth-order valence-electron chi connectivity index (χ4n) is 3.93. The second-order valence-corrected chi connectivity index (χ2v) is 8.33. The lowest BCUT2D eigenvalue weighted by atomic mass is 9.97. The lowest BCUT2D eigenvalue weighted by Crippen LogP contribution is -2.38. The zero-order chi connectivity index (χ0) is 23.4. The molecule has 0 saturated heterocycles. The summed E-state index contributed by atoms with van der Waals surface area (Å²) in [6.45, 7) is 7.52. The number of imide groups is 1. The summed E-state index contributed by atoms with van der Waals surface area (Å²) in [6, 6.07) is 11.1. The van der Waals surface area contributed by atoms with E-state index in [2.05, 4.69) is 0 Å². The Kier molecular flexibility index (Phi) is 7.72. The first-order valence-electron chi connectivity index (χ1n) is 10.5. The van der Waals surface area contributed by atoms with E-state index in [0.717, 1.165) is 22.3 Å². The average molecular weight is 457 g/mol. The van der Waals surface area contributed by atoms with Crippen LogP contribution >= 0.6 is 11.6 Å². The fourth-order valence-corrected chi connectivity index (χ4v) is 4.10. The van der Waals surface area contributed by atoms with Crippen LogP contribution in [0.15, 0.2) is 42.1 Å². The SMILES string of the molecule is COCCN(CCOC)C1=C(c2ccc(C)cc2C)C(=O)N(c2cc(Cl)ccc2C)C1=O. The summed E-state index contributed by atoms with van der Waals surface area (Å²) in [5.41, 5.74) is 4.78. The Morgan fingerprint density at radius 1 is 0.875 bits per heavy atom. The van der Waals surface area contributed by atoms with Crippen molar-refractivity contribution in [2.24, 2.45) is 0 Å². The van der Waals surface area contributed by atoms with Gasteiger partial charge in [0.05, 0.1) is 24.5 Å². The normalized spacial score (nSPS) is 14.0. The predicted molar refractivity (Wildman–Crippen MR) is 127 cm³/mol. The quantitative estimate of drug-likeness (QED) is 0.530. The molecule has 0 atom stereocenters. The number of benzene rings is 2. The van der Waals surface area contributed by atoms with E-state index in [9.17, 15) is 9.59 Å². The van der Waals surface area contributed by atoms with E-state index in [1.54, 1.807) is 32.4 Å². The van der Waals surface area contributed by atoms with E-state index in [-0.39, 0.29) is 11.8 Å². The zero-order valence-corrected chi connectivity index (χ0v) is 20.0. The number of methoxy groups -OCH3 is 2. The second-order valence-electron chi connectivity index (χ2n) is 7.89. The van der Waals surface area contributed by atoms with Crippen LogP contribution < -0.4 is 4.90 Å². The molecule has 0 N–H and O–H groups in total. The minimum Gasteiger partial charge on any atom is -0.383 e. The van der Waals surface area contributed by atoms with Crippen LogP contribution in [0.25, 0.3) is 5.57 Å². The highest BCUT2D eigenvalue weighted by Crippen LogP contribution is 2.38. The largest absolute Gasteiger partial charge is 0.383 e. The molecule has 0 bridgehead atoms. The van der Waals surface area contributed by atoms with Crippen LogP contribution in [0, 0.1) is 20.8 Å². The van der Waals surface area contributed by atoms with Gasteiger partial charge in [-0.15, -0.1) is 0 Å². The highest BCUT2D eigenvalue weighted by molar-refractivity contribution is 6.46. The van der Waals surface area contributed by atoms with Crippen molar-refractivity contribution in [2.45, 2.75) is 20.8 Å². The molecular formula is C25H29ClN2O4. The van der Waals surface area contributed by atoms with Gasteiger partial charge < -0.3 is 14.4 Å². The maximum Gasteiger partial charge on any atom is 0.282 e. The van der Waals surface area contributed by atoms with E-state index >= 15 is 0 Å².